The number of aromatic nitrogens is 1. The summed E-state index contributed by atoms with van der Waals surface area (Å²) in [5.41, 5.74) is 3.26. The quantitative estimate of drug-likeness (QED) is 0.174. The first-order valence-electron chi connectivity index (χ1n) is 12.4. The van der Waals surface area contributed by atoms with Crippen LogP contribution in [0, 0.1) is 0 Å². The topological polar surface area (TPSA) is 92.6 Å². The monoisotopic (exact) mass is 529 g/mol. The lowest BCUT2D eigenvalue weighted by Crippen LogP contribution is -2.41. The van der Waals surface area contributed by atoms with Gasteiger partial charge in [-0.25, -0.2) is 8.42 Å². The van der Waals surface area contributed by atoms with E-state index in [1.165, 1.54) is 21.9 Å². The van der Waals surface area contributed by atoms with E-state index in [0.29, 0.717) is 24.4 Å². The molecule has 196 valence electrons. The average molecular weight is 530 g/mol. The number of benzene rings is 4. The van der Waals surface area contributed by atoms with Crippen molar-refractivity contribution in [2.75, 3.05) is 24.1 Å². The number of para-hydroxylation sites is 1. The number of sulfonamides is 1. The van der Waals surface area contributed by atoms with Gasteiger partial charge in [0, 0.05) is 41.1 Å². The summed E-state index contributed by atoms with van der Waals surface area (Å²) in [5, 5.41) is 16.4. The molecule has 0 spiro atoms. The van der Waals surface area contributed by atoms with E-state index in [4.69, 9.17) is 4.74 Å². The molecule has 1 aromatic heterocycles. The van der Waals surface area contributed by atoms with Crippen LogP contribution >= 0.6 is 0 Å². The minimum Gasteiger partial charge on any atom is -0.492 e. The number of nitrogens with zero attached hydrogens (tertiary/aromatic N) is 1. The molecule has 0 aliphatic carbocycles. The van der Waals surface area contributed by atoms with Gasteiger partial charge in [0.1, 0.15) is 18.1 Å². The van der Waals surface area contributed by atoms with Crippen molar-refractivity contribution in [2.45, 2.75) is 19.2 Å². The van der Waals surface area contributed by atoms with Gasteiger partial charge in [0.2, 0.25) is 10.0 Å². The van der Waals surface area contributed by atoms with Crippen LogP contribution in [0.1, 0.15) is 18.1 Å². The maximum atomic E-state index is 11.4. The molecule has 0 bridgehead atoms. The summed E-state index contributed by atoms with van der Waals surface area (Å²) in [4.78, 5) is 0. The SMILES string of the molecule is CC(O)(NCCOc1ccc2c3ccccc3n(Cc3ccccc3)c2c1)c1ccc(NS(C)(=O)=O)cc1. The van der Waals surface area contributed by atoms with E-state index in [-0.39, 0.29) is 0 Å². The Morgan fingerprint density at radius 1 is 0.868 bits per heavy atom. The Kier molecular flexibility index (Phi) is 7.12. The summed E-state index contributed by atoms with van der Waals surface area (Å²) in [6, 6.07) is 31.6. The fraction of sp³-hybridized carbons (Fsp3) is 0.200. The molecule has 4 aromatic carbocycles. The average Bonchev–Trinajstić information content (AvgIpc) is 3.19. The maximum Gasteiger partial charge on any atom is 0.229 e. The van der Waals surface area contributed by atoms with Crippen LogP contribution < -0.4 is 14.8 Å². The van der Waals surface area contributed by atoms with E-state index in [1.807, 2.05) is 12.1 Å². The summed E-state index contributed by atoms with van der Waals surface area (Å²) >= 11 is 0. The van der Waals surface area contributed by atoms with Crippen molar-refractivity contribution in [3.63, 3.8) is 0 Å². The number of anilines is 1. The highest BCUT2D eigenvalue weighted by Crippen LogP contribution is 2.32. The smallest absolute Gasteiger partial charge is 0.229 e. The number of ether oxygens (including phenoxy) is 1. The Balaban J connectivity index is 1.28. The number of hydrogen-bond acceptors (Lipinski definition) is 5. The number of hydrogen-bond donors (Lipinski definition) is 3. The van der Waals surface area contributed by atoms with E-state index in [0.717, 1.165) is 24.1 Å². The molecule has 0 radical (unpaired) electrons. The van der Waals surface area contributed by atoms with Gasteiger partial charge in [-0.3, -0.25) is 10.0 Å². The maximum absolute atomic E-state index is 11.4. The zero-order valence-electron chi connectivity index (χ0n) is 21.4. The highest BCUT2D eigenvalue weighted by molar-refractivity contribution is 7.92. The second-order valence-corrected chi connectivity index (χ2v) is 11.3. The Labute approximate surface area is 222 Å². The van der Waals surface area contributed by atoms with Crippen molar-refractivity contribution in [3.8, 4) is 5.75 Å². The summed E-state index contributed by atoms with van der Waals surface area (Å²) in [6.45, 7) is 3.17. The fourth-order valence-electron chi connectivity index (χ4n) is 4.70. The zero-order chi connectivity index (χ0) is 26.8. The van der Waals surface area contributed by atoms with Crippen LogP contribution in [0.25, 0.3) is 21.8 Å². The van der Waals surface area contributed by atoms with Gasteiger partial charge < -0.3 is 14.4 Å². The lowest BCUT2D eigenvalue weighted by Gasteiger charge is -2.25. The van der Waals surface area contributed by atoms with Crippen LogP contribution in [-0.2, 0) is 22.3 Å². The predicted molar refractivity (Wildman–Crippen MR) is 153 cm³/mol. The fourth-order valence-corrected chi connectivity index (χ4v) is 5.26. The normalized spacial score (nSPS) is 13.4. The van der Waals surface area contributed by atoms with Crippen molar-refractivity contribution in [1.82, 2.24) is 9.88 Å². The highest BCUT2D eigenvalue weighted by atomic mass is 32.2. The zero-order valence-corrected chi connectivity index (χ0v) is 22.2. The third-order valence-electron chi connectivity index (χ3n) is 6.52. The summed E-state index contributed by atoms with van der Waals surface area (Å²) < 4.78 is 33.6. The summed E-state index contributed by atoms with van der Waals surface area (Å²) in [7, 11) is -3.36. The molecule has 0 saturated carbocycles. The van der Waals surface area contributed by atoms with Crippen LogP contribution in [0.2, 0.25) is 0 Å². The van der Waals surface area contributed by atoms with Crippen LogP contribution in [0.4, 0.5) is 5.69 Å². The molecular formula is C30H31N3O4S. The molecule has 0 amide bonds. The minimum atomic E-state index is -3.36. The Morgan fingerprint density at radius 3 is 2.29 bits per heavy atom. The number of rotatable bonds is 10. The largest absolute Gasteiger partial charge is 0.492 e. The van der Waals surface area contributed by atoms with E-state index in [2.05, 4.69) is 75.3 Å². The second-order valence-electron chi connectivity index (χ2n) is 9.57. The molecule has 1 unspecified atom stereocenters. The standard InChI is InChI=1S/C30H31N3O4S/c1-30(34,23-12-14-24(15-13-23)32-38(2,35)36)31-18-19-37-25-16-17-27-26-10-6-7-11-28(26)33(29(27)20-25)21-22-8-4-3-5-9-22/h3-17,20,31-32,34H,18-19,21H2,1-2H3. The predicted octanol–water partition coefficient (Wildman–Crippen LogP) is 5.05. The van der Waals surface area contributed by atoms with Gasteiger partial charge in [-0.1, -0.05) is 60.7 Å². The van der Waals surface area contributed by atoms with Gasteiger partial charge >= 0.3 is 0 Å². The third kappa shape index (κ3) is 5.83. The van der Waals surface area contributed by atoms with Crippen molar-refractivity contribution >= 4 is 37.5 Å². The van der Waals surface area contributed by atoms with Gasteiger partial charge in [-0.15, -0.1) is 0 Å². The molecule has 3 N–H and O–H groups in total. The van der Waals surface area contributed by atoms with Crippen LogP contribution in [0.15, 0.2) is 97.1 Å². The van der Waals surface area contributed by atoms with Gasteiger partial charge in [-0.05, 0) is 48.4 Å². The Bertz CT molecular complexity index is 1660. The van der Waals surface area contributed by atoms with Crippen molar-refractivity contribution in [3.05, 3.63) is 108 Å². The highest BCUT2D eigenvalue weighted by Gasteiger charge is 2.22. The van der Waals surface area contributed by atoms with E-state index >= 15 is 0 Å². The van der Waals surface area contributed by atoms with E-state index < -0.39 is 15.7 Å². The molecule has 38 heavy (non-hydrogen) atoms. The number of nitrogens with one attached hydrogen (secondary N) is 2. The van der Waals surface area contributed by atoms with Gasteiger partial charge in [0.05, 0.1) is 11.8 Å². The van der Waals surface area contributed by atoms with Gasteiger partial charge in [0.25, 0.3) is 0 Å². The summed E-state index contributed by atoms with van der Waals surface area (Å²) in [6.07, 6.45) is 1.10. The molecule has 5 rings (SSSR count). The summed E-state index contributed by atoms with van der Waals surface area (Å²) in [5.74, 6) is 0.757. The van der Waals surface area contributed by atoms with Crippen molar-refractivity contribution in [1.29, 1.82) is 0 Å². The lowest BCUT2D eigenvalue weighted by atomic mass is 10.0. The molecule has 8 heteroatoms. The first-order chi connectivity index (χ1) is 18.2. The van der Waals surface area contributed by atoms with Crippen molar-refractivity contribution in [2.24, 2.45) is 0 Å². The molecular weight excluding hydrogens is 498 g/mol. The molecule has 1 atom stereocenters. The Hall–Kier alpha value is -3.85. The molecule has 5 aromatic rings. The third-order valence-corrected chi connectivity index (χ3v) is 7.13. The van der Waals surface area contributed by atoms with Crippen LogP contribution in [0.3, 0.4) is 0 Å². The number of aliphatic hydroxyl groups is 1. The Morgan fingerprint density at radius 2 is 1.55 bits per heavy atom. The van der Waals surface area contributed by atoms with E-state index in [9.17, 15) is 13.5 Å². The lowest BCUT2D eigenvalue weighted by molar-refractivity contribution is 0.0169. The first kappa shape index (κ1) is 25.8. The molecule has 0 aliphatic rings. The molecule has 0 aliphatic heterocycles. The second kappa shape index (κ2) is 10.5. The van der Waals surface area contributed by atoms with Gasteiger partial charge in [0.15, 0.2) is 0 Å². The van der Waals surface area contributed by atoms with Gasteiger partial charge in [-0.2, -0.15) is 0 Å². The molecule has 7 nitrogen and oxygen atoms in total. The molecule has 0 fully saturated rings. The van der Waals surface area contributed by atoms with E-state index in [1.54, 1.807) is 31.2 Å². The molecule has 1 heterocycles. The minimum absolute atomic E-state index is 0.355. The first-order valence-corrected chi connectivity index (χ1v) is 14.3. The number of fused-ring (bicyclic) bond motifs is 3. The molecule has 0 saturated heterocycles. The van der Waals surface area contributed by atoms with Crippen molar-refractivity contribution < 1.29 is 18.3 Å². The van der Waals surface area contributed by atoms with Crippen LogP contribution in [0.5, 0.6) is 5.75 Å². The van der Waals surface area contributed by atoms with Crippen LogP contribution in [-0.4, -0.2) is 37.5 Å².